The van der Waals surface area contributed by atoms with Gasteiger partial charge in [0.2, 0.25) is 0 Å². The largest absolute Gasteiger partial charge is 0.388 e. The normalized spacial score (nSPS) is 23.3. The number of benzene rings is 1. The Morgan fingerprint density at radius 2 is 1.85 bits per heavy atom. The van der Waals surface area contributed by atoms with E-state index in [0.717, 1.165) is 5.56 Å². The van der Waals surface area contributed by atoms with Crippen molar-refractivity contribution in [2.24, 2.45) is 0 Å². The Morgan fingerprint density at radius 1 is 1.22 bits per heavy atom. The Hall–Kier alpha value is -1.12. The lowest BCUT2D eigenvalue weighted by Crippen LogP contribution is -2.43. The second kappa shape index (κ2) is 9.39. The number of hydrogen-bond acceptors (Lipinski definition) is 8. The highest BCUT2D eigenvalue weighted by molar-refractivity contribution is 7.54. The number of rotatable bonds is 10. The standard InChI is InChI=1S/C18H27O8P/c1-18(2)25-16(14(19)11-24-10-13-8-6-5-7-9-13)17(26-18)15(20)12-27(21,22-3)23-4/h5-9,14,16-17,19H,10-12H2,1-4H3/t14-,16+,17-/m1/s1. The molecule has 27 heavy (non-hydrogen) atoms. The van der Waals surface area contributed by atoms with E-state index >= 15 is 0 Å². The van der Waals surface area contributed by atoms with Crippen molar-refractivity contribution < 1.29 is 37.7 Å². The van der Waals surface area contributed by atoms with Gasteiger partial charge in [0.1, 0.15) is 24.5 Å². The lowest BCUT2D eigenvalue weighted by Gasteiger charge is -2.22. The summed E-state index contributed by atoms with van der Waals surface area (Å²) in [5.74, 6) is -1.60. The molecule has 3 atom stereocenters. The van der Waals surface area contributed by atoms with Gasteiger partial charge >= 0.3 is 7.60 Å². The number of carbonyl (C=O) groups excluding carboxylic acids is 1. The van der Waals surface area contributed by atoms with Crippen LogP contribution in [0.2, 0.25) is 0 Å². The third-order valence-electron chi connectivity index (χ3n) is 4.13. The lowest BCUT2D eigenvalue weighted by atomic mass is 10.1. The van der Waals surface area contributed by atoms with Gasteiger partial charge in [0.25, 0.3) is 0 Å². The number of aliphatic hydroxyl groups excluding tert-OH is 1. The van der Waals surface area contributed by atoms with Crippen LogP contribution in [0.1, 0.15) is 19.4 Å². The predicted molar refractivity (Wildman–Crippen MR) is 97.4 cm³/mol. The molecule has 2 rings (SSSR count). The molecule has 0 aliphatic carbocycles. The highest BCUT2D eigenvalue weighted by Crippen LogP contribution is 2.47. The lowest BCUT2D eigenvalue weighted by molar-refractivity contribution is -0.161. The van der Waals surface area contributed by atoms with E-state index in [1.807, 2.05) is 30.3 Å². The van der Waals surface area contributed by atoms with Gasteiger partial charge in [-0.25, -0.2) is 0 Å². The molecule has 0 saturated carbocycles. The van der Waals surface area contributed by atoms with Crippen LogP contribution < -0.4 is 0 Å². The molecule has 0 unspecified atom stereocenters. The second-order valence-electron chi connectivity index (χ2n) is 6.69. The summed E-state index contributed by atoms with van der Waals surface area (Å²) in [4.78, 5) is 12.6. The fourth-order valence-corrected chi connectivity index (χ4v) is 3.74. The molecule has 9 heteroatoms. The first-order valence-electron chi connectivity index (χ1n) is 8.58. The van der Waals surface area contributed by atoms with E-state index in [-0.39, 0.29) is 6.61 Å². The van der Waals surface area contributed by atoms with Crippen LogP contribution in [0, 0.1) is 0 Å². The van der Waals surface area contributed by atoms with Gasteiger partial charge in [-0.15, -0.1) is 0 Å². The van der Waals surface area contributed by atoms with Crippen molar-refractivity contribution in [2.45, 2.75) is 44.6 Å². The minimum absolute atomic E-state index is 0.0466. The second-order valence-corrected chi connectivity index (χ2v) is 8.96. The summed E-state index contributed by atoms with van der Waals surface area (Å²) in [6.07, 6.45) is -3.63. The summed E-state index contributed by atoms with van der Waals surface area (Å²) < 4.78 is 38.7. The maximum Gasteiger partial charge on any atom is 0.337 e. The number of ketones is 1. The Morgan fingerprint density at radius 3 is 2.44 bits per heavy atom. The topological polar surface area (TPSA) is 101 Å². The average molecular weight is 402 g/mol. The number of aliphatic hydroxyl groups is 1. The van der Waals surface area contributed by atoms with Crippen molar-refractivity contribution in [1.82, 2.24) is 0 Å². The van der Waals surface area contributed by atoms with Gasteiger partial charge in [-0.3, -0.25) is 9.36 Å². The van der Waals surface area contributed by atoms with E-state index in [9.17, 15) is 14.5 Å². The molecule has 0 radical (unpaired) electrons. The van der Waals surface area contributed by atoms with E-state index < -0.39 is 43.6 Å². The molecule has 1 aliphatic rings. The van der Waals surface area contributed by atoms with Crippen molar-refractivity contribution >= 4 is 13.4 Å². The zero-order valence-corrected chi connectivity index (χ0v) is 16.9. The first-order chi connectivity index (χ1) is 12.7. The zero-order chi connectivity index (χ0) is 20.1. The van der Waals surface area contributed by atoms with E-state index in [0.29, 0.717) is 6.61 Å². The minimum atomic E-state index is -3.55. The van der Waals surface area contributed by atoms with Gasteiger partial charge in [0.15, 0.2) is 11.6 Å². The molecule has 0 bridgehead atoms. The van der Waals surface area contributed by atoms with E-state index in [1.165, 1.54) is 14.2 Å². The summed E-state index contributed by atoms with van der Waals surface area (Å²) >= 11 is 0. The highest BCUT2D eigenvalue weighted by Gasteiger charge is 2.49. The van der Waals surface area contributed by atoms with Gasteiger partial charge in [-0.1, -0.05) is 30.3 Å². The third-order valence-corrected chi connectivity index (χ3v) is 5.94. The molecular formula is C18H27O8P. The van der Waals surface area contributed by atoms with Crippen molar-refractivity contribution in [3.05, 3.63) is 35.9 Å². The fourth-order valence-electron chi connectivity index (χ4n) is 2.77. The first kappa shape index (κ1) is 22.2. The quantitative estimate of drug-likeness (QED) is 0.594. The van der Waals surface area contributed by atoms with Gasteiger partial charge < -0.3 is 28.4 Å². The van der Waals surface area contributed by atoms with Crippen LogP contribution in [-0.2, 0) is 39.2 Å². The van der Waals surface area contributed by atoms with Crippen molar-refractivity contribution in [2.75, 3.05) is 27.0 Å². The maximum absolute atomic E-state index is 12.6. The molecule has 1 aliphatic heterocycles. The predicted octanol–water partition coefficient (Wildman–Crippen LogP) is 2.14. The molecule has 1 aromatic carbocycles. The molecular weight excluding hydrogens is 375 g/mol. The smallest absolute Gasteiger partial charge is 0.337 e. The summed E-state index contributed by atoms with van der Waals surface area (Å²) in [7, 11) is -1.14. The van der Waals surface area contributed by atoms with Crippen LogP contribution in [-0.4, -0.2) is 62.0 Å². The van der Waals surface area contributed by atoms with E-state index in [4.69, 9.17) is 23.3 Å². The molecule has 1 aromatic rings. The monoisotopic (exact) mass is 402 g/mol. The maximum atomic E-state index is 12.6. The average Bonchev–Trinajstić information content (AvgIpc) is 2.98. The molecule has 1 saturated heterocycles. The molecule has 152 valence electrons. The van der Waals surface area contributed by atoms with E-state index in [1.54, 1.807) is 13.8 Å². The van der Waals surface area contributed by atoms with Gasteiger partial charge in [-0.2, -0.15) is 0 Å². The Balaban J connectivity index is 1.99. The highest BCUT2D eigenvalue weighted by atomic mass is 31.2. The van der Waals surface area contributed by atoms with Gasteiger partial charge in [-0.05, 0) is 19.4 Å². The van der Waals surface area contributed by atoms with Crippen molar-refractivity contribution in [1.29, 1.82) is 0 Å². The molecule has 0 aromatic heterocycles. The van der Waals surface area contributed by atoms with Crippen LogP contribution in [0.5, 0.6) is 0 Å². The summed E-state index contributed by atoms with van der Waals surface area (Å²) in [5, 5.41) is 10.5. The van der Waals surface area contributed by atoms with Crippen molar-refractivity contribution in [3.63, 3.8) is 0 Å². The first-order valence-corrected chi connectivity index (χ1v) is 10.3. The number of hydrogen-bond donors (Lipinski definition) is 1. The molecule has 0 amide bonds. The van der Waals surface area contributed by atoms with Gasteiger partial charge in [0, 0.05) is 14.2 Å². The molecule has 1 fully saturated rings. The zero-order valence-electron chi connectivity index (χ0n) is 16.0. The number of carbonyl (C=O) groups is 1. The van der Waals surface area contributed by atoms with Crippen LogP contribution in [0.3, 0.4) is 0 Å². The van der Waals surface area contributed by atoms with E-state index in [2.05, 4.69) is 0 Å². The van der Waals surface area contributed by atoms with Crippen LogP contribution in [0.25, 0.3) is 0 Å². The van der Waals surface area contributed by atoms with Gasteiger partial charge in [0.05, 0.1) is 13.2 Å². The Kier molecular flexibility index (Phi) is 7.71. The number of Topliss-reactive ketones (excluding diaryl/α,β-unsaturated/α-hetero) is 1. The molecule has 1 N–H and O–H groups in total. The van der Waals surface area contributed by atoms with Crippen LogP contribution in [0.15, 0.2) is 30.3 Å². The molecule has 0 spiro atoms. The third kappa shape index (κ3) is 6.19. The molecule has 8 nitrogen and oxygen atoms in total. The number of ether oxygens (including phenoxy) is 3. The Labute approximate surface area is 159 Å². The fraction of sp³-hybridized carbons (Fsp3) is 0.611. The molecule has 1 heterocycles. The van der Waals surface area contributed by atoms with Crippen LogP contribution >= 0.6 is 7.60 Å². The van der Waals surface area contributed by atoms with Crippen molar-refractivity contribution in [3.8, 4) is 0 Å². The Bertz CT molecular complexity index is 655. The summed E-state index contributed by atoms with van der Waals surface area (Å²) in [6.45, 7) is 3.54. The minimum Gasteiger partial charge on any atom is -0.388 e. The summed E-state index contributed by atoms with van der Waals surface area (Å²) in [5.41, 5.74) is 0.961. The summed E-state index contributed by atoms with van der Waals surface area (Å²) in [6, 6.07) is 9.50. The SMILES string of the molecule is COP(=O)(CC(=O)[C@H]1OC(C)(C)O[C@H]1[C@H](O)COCc1ccccc1)OC. The van der Waals surface area contributed by atoms with Crippen LogP contribution in [0.4, 0.5) is 0 Å².